The Hall–Kier alpha value is -2.31. The molecule has 98 valence electrons. The lowest BCUT2D eigenvalue weighted by Gasteiger charge is -2.11. The number of nitro groups is 1. The van der Waals surface area contributed by atoms with E-state index in [2.05, 4.69) is 0 Å². The molecule has 0 heterocycles. The van der Waals surface area contributed by atoms with Crippen molar-refractivity contribution >= 4 is 11.7 Å². The van der Waals surface area contributed by atoms with Gasteiger partial charge >= 0.3 is 11.7 Å². The minimum absolute atomic E-state index is 0.0536. The highest BCUT2D eigenvalue weighted by atomic mass is 16.6. The average molecular weight is 255 g/mol. The van der Waals surface area contributed by atoms with Crippen LogP contribution in [0.2, 0.25) is 0 Å². The summed E-state index contributed by atoms with van der Waals surface area (Å²) in [5, 5.41) is 19.2. The van der Waals surface area contributed by atoms with E-state index in [4.69, 9.17) is 14.6 Å². The minimum Gasteiger partial charge on any atom is -0.484 e. The first-order chi connectivity index (χ1) is 8.40. The van der Waals surface area contributed by atoms with Crippen LogP contribution in [0.1, 0.15) is 13.8 Å². The summed E-state index contributed by atoms with van der Waals surface area (Å²) in [6, 6.07) is 3.85. The second-order valence-corrected chi connectivity index (χ2v) is 3.74. The molecule has 0 aliphatic rings. The van der Waals surface area contributed by atoms with Crippen molar-refractivity contribution in [1.82, 2.24) is 0 Å². The van der Waals surface area contributed by atoms with E-state index in [1.54, 1.807) is 13.8 Å². The normalized spacial score (nSPS) is 10.2. The molecule has 0 saturated heterocycles. The molecule has 0 aliphatic heterocycles. The van der Waals surface area contributed by atoms with E-state index in [1.807, 2.05) is 0 Å². The number of benzene rings is 1. The highest BCUT2D eigenvalue weighted by Gasteiger charge is 2.17. The van der Waals surface area contributed by atoms with Gasteiger partial charge in [0.05, 0.1) is 11.0 Å². The van der Waals surface area contributed by atoms with Crippen LogP contribution in [0.4, 0.5) is 5.69 Å². The fraction of sp³-hybridized carbons (Fsp3) is 0.364. The first-order valence-electron chi connectivity index (χ1n) is 5.20. The van der Waals surface area contributed by atoms with Crippen LogP contribution in [0.5, 0.6) is 11.5 Å². The number of nitro benzene ring substituents is 1. The van der Waals surface area contributed by atoms with Crippen LogP contribution in [0, 0.1) is 10.1 Å². The van der Waals surface area contributed by atoms with Crippen LogP contribution < -0.4 is 9.47 Å². The second kappa shape index (κ2) is 5.85. The van der Waals surface area contributed by atoms with Gasteiger partial charge in [0.25, 0.3) is 0 Å². The summed E-state index contributed by atoms with van der Waals surface area (Å²) in [7, 11) is 0. The fourth-order valence-corrected chi connectivity index (χ4v) is 1.23. The Morgan fingerprint density at radius 2 is 2.17 bits per heavy atom. The van der Waals surface area contributed by atoms with Crippen LogP contribution in [-0.4, -0.2) is 28.7 Å². The Morgan fingerprint density at radius 1 is 1.50 bits per heavy atom. The molecule has 7 heteroatoms. The molecule has 18 heavy (non-hydrogen) atoms. The lowest BCUT2D eigenvalue weighted by molar-refractivity contribution is -0.386. The quantitative estimate of drug-likeness (QED) is 0.615. The molecule has 0 saturated carbocycles. The van der Waals surface area contributed by atoms with Crippen molar-refractivity contribution < 1.29 is 24.3 Å². The minimum atomic E-state index is -1.13. The van der Waals surface area contributed by atoms with Gasteiger partial charge in [0.1, 0.15) is 5.75 Å². The van der Waals surface area contributed by atoms with Gasteiger partial charge in [-0.3, -0.25) is 10.1 Å². The lowest BCUT2D eigenvalue weighted by Crippen LogP contribution is -2.10. The lowest BCUT2D eigenvalue weighted by atomic mass is 10.2. The van der Waals surface area contributed by atoms with Gasteiger partial charge in [-0.15, -0.1) is 0 Å². The molecule has 0 fully saturated rings. The first-order valence-corrected chi connectivity index (χ1v) is 5.20. The molecule has 1 rings (SSSR count). The topological polar surface area (TPSA) is 98.9 Å². The molecule has 7 nitrogen and oxygen atoms in total. The number of rotatable bonds is 6. The summed E-state index contributed by atoms with van der Waals surface area (Å²) < 4.78 is 10.2. The molecule has 0 spiro atoms. The molecule has 0 unspecified atom stereocenters. The zero-order chi connectivity index (χ0) is 13.7. The van der Waals surface area contributed by atoms with E-state index >= 15 is 0 Å². The molecule has 1 N–H and O–H groups in total. The van der Waals surface area contributed by atoms with Crippen molar-refractivity contribution in [3.05, 3.63) is 28.3 Å². The number of hydrogen-bond acceptors (Lipinski definition) is 5. The highest BCUT2D eigenvalue weighted by Crippen LogP contribution is 2.31. The van der Waals surface area contributed by atoms with E-state index < -0.39 is 17.5 Å². The van der Waals surface area contributed by atoms with E-state index in [-0.39, 0.29) is 23.3 Å². The number of carbonyl (C=O) groups is 1. The molecular formula is C11H13NO6. The second-order valence-electron chi connectivity index (χ2n) is 3.74. The molecular weight excluding hydrogens is 242 g/mol. The average Bonchev–Trinajstić information content (AvgIpc) is 2.25. The third-order valence-electron chi connectivity index (χ3n) is 1.85. The molecule has 0 bridgehead atoms. The molecule has 0 radical (unpaired) electrons. The zero-order valence-electron chi connectivity index (χ0n) is 9.95. The van der Waals surface area contributed by atoms with E-state index in [1.165, 1.54) is 18.2 Å². The number of carboxylic acids is 1. The number of aliphatic carboxylic acids is 1. The van der Waals surface area contributed by atoms with Gasteiger partial charge in [-0.05, 0) is 19.9 Å². The zero-order valence-corrected chi connectivity index (χ0v) is 9.95. The Kier molecular flexibility index (Phi) is 4.47. The van der Waals surface area contributed by atoms with Crippen molar-refractivity contribution in [3.63, 3.8) is 0 Å². The molecule has 0 aromatic heterocycles. The number of carboxylic acid groups (broad SMARTS) is 1. The van der Waals surface area contributed by atoms with Crippen LogP contribution in [0.25, 0.3) is 0 Å². The third-order valence-corrected chi connectivity index (χ3v) is 1.85. The first kappa shape index (κ1) is 13.8. The van der Waals surface area contributed by atoms with Crippen molar-refractivity contribution in [2.24, 2.45) is 0 Å². The van der Waals surface area contributed by atoms with Gasteiger partial charge in [0.2, 0.25) is 5.75 Å². The summed E-state index contributed by atoms with van der Waals surface area (Å²) >= 11 is 0. The molecule has 0 aliphatic carbocycles. The summed E-state index contributed by atoms with van der Waals surface area (Å²) in [6.07, 6.45) is -0.238. The number of ether oxygens (including phenoxy) is 2. The van der Waals surface area contributed by atoms with Gasteiger partial charge in [0, 0.05) is 12.1 Å². The molecule has 1 aromatic carbocycles. The predicted molar refractivity (Wildman–Crippen MR) is 62.0 cm³/mol. The van der Waals surface area contributed by atoms with Gasteiger partial charge in [-0.25, -0.2) is 4.79 Å². The molecule has 1 aromatic rings. The van der Waals surface area contributed by atoms with Gasteiger partial charge < -0.3 is 14.6 Å². The predicted octanol–water partition coefficient (Wildman–Crippen LogP) is 1.85. The summed E-state index contributed by atoms with van der Waals surface area (Å²) in [5.74, 6) is -0.865. The van der Waals surface area contributed by atoms with Crippen LogP contribution in [0.3, 0.4) is 0 Å². The van der Waals surface area contributed by atoms with Gasteiger partial charge in [0.15, 0.2) is 6.61 Å². The van der Waals surface area contributed by atoms with Crippen LogP contribution in [-0.2, 0) is 4.79 Å². The van der Waals surface area contributed by atoms with E-state index in [0.29, 0.717) is 0 Å². The standard InChI is InChI=1S/C11H13NO6/c1-7(2)18-10-5-8(17-6-11(13)14)3-4-9(10)12(15)16/h3-5,7H,6H2,1-2H3,(H,13,14). The van der Waals surface area contributed by atoms with Crippen molar-refractivity contribution in [2.45, 2.75) is 20.0 Å². The summed E-state index contributed by atoms with van der Waals surface area (Å²) in [6.45, 7) is 2.95. The van der Waals surface area contributed by atoms with Gasteiger partial charge in [-0.1, -0.05) is 0 Å². The van der Waals surface area contributed by atoms with Crippen molar-refractivity contribution in [2.75, 3.05) is 6.61 Å². The highest BCUT2D eigenvalue weighted by molar-refractivity contribution is 5.68. The van der Waals surface area contributed by atoms with Crippen LogP contribution in [0.15, 0.2) is 18.2 Å². The Morgan fingerprint density at radius 3 is 2.67 bits per heavy atom. The molecule has 0 amide bonds. The Balaban J connectivity index is 2.97. The summed E-state index contributed by atoms with van der Waals surface area (Å²) in [5.41, 5.74) is -0.189. The Labute approximate surface area is 103 Å². The third kappa shape index (κ3) is 3.93. The van der Waals surface area contributed by atoms with Crippen LogP contribution >= 0.6 is 0 Å². The Bertz CT molecular complexity index is 457. The van der Waals surface area contributed by atoms with Crippen molar-refractivity contribution in [3.8, 4) is 11.5 Å². The number of hydrogen-bond donors (Lipinski definition) is 1. The van der Waals surface area contributed by atoms with E-state index in [0.717, 1.165) is 0 Å². The maximum absolute atomic E-state index is 10.8. The van der Waals surface area contributed by atoms with E-state index in [9.17, 15) is 14.9 Å². The SMILES string of the molecule is CC(C)Oc1cc(OCC(=O)O)ccc1[N+](=O)[O-]. The maximum Gasteiger partial charge on any atom is 0.341 e. The smallest absolute Gasteiger partial charge is 0.341 e. The number of nitrogens with zero attached hydrogens (tertiary/aromatic N) is 1. The van der Waals surface area contributed by atoms with Gasteiger partial charge in [-0.2, -0.15) is 0 Å². The fourth-order valence-electron chi connectivity index (χ4n) is 1.23. The molecule has 0 atom stereocenters. The largest absolute Gasteiger partial charge is 0.484 e. The monoisotopic (exact) mass is 255 g/mol. The van der Waals surface area contributed by atoms with Crippen molar-refractivity contribution in [1.29, 1.82) is 0 Å². The summed E-state index contributed by atoms with van der Waals surface area (Å²) in [4.78, 5) is 20.5. The maximum atomic E-state index is 10.8.